The maximum Gasteiger partial charge on any atom is 0.241 e. The molecule has 8 nitrogen and oxygen atoms in total. The van der Waals surface area contributed by atoms with Gasteiger partial charge in [-0.3, -0.25) is 9.10 Å². The Labute approximate surface area is 177 Å². The zero-order valence-corrected chi connectivity index (χ0v) is 18.4. The summed E-state index contributed by atoms with van der Waals surface area (Å²) < 4.78 is 41.6. The molecule has 164 valence electrons. The lowest BCUT2D eigenvalue weighted by atomic mass is 10.3. The first kappa shape index (κ1) is 23.3. The number of sulfonamides is 1. The van der Waals surface area contributed by atoms with Gasteiger partial charge in [-0.2, -0.15) is 0 Å². The lowest BCUT2D eigenvalue weighted by molar-refractivity contribution is -0.120. The van der Waals surface area contributed by atoms with Crippen LogP contribution in [0.15, 0.2) is 48.5 Å². The molecule has 0 heterocycles. The van der Waals surface area contributed by atoms with Crippen molar-refractivity contribution in [2.24, 2.45) is 0 Å². The van der Waals surface area contributed by atoms with Crippen molar-refractivity contribution in [2.75, 3.05) is 37.4 Å². The molecule has 0 aromatic heterocycles. The van der Waals surface area contributed by atoms with E-state index in [1.807, 2.05) is 6.92 Å². The number of ether oxygens (including phenoxy) is 3. The van der Waals surface area contributed by atoms with Gasteiger partial charge < -0.3 is 19.5 Å². The highest BCUT2D eigenvalue weighted by Gasteiger charge is 2.21. The number of carbonyl (C=O) groups excluding carboxylic acids is 1. The Hall–Kier alpha value is -2.94. The molecule has 0 saturated heterocycles. The van der Waals surface area contributed by atoms with Crippen molar-refractivity contribution < 1.29 is 27.4 Å². The molecule has 0 radical (unpaired) electrons. The molecule has 0 aliphatic carbocycles. The van der Waals surface area contributed by atoms with Gasteiger partial charge in [-0.15, -0.1) is 0 Å². The van der Waals surface area contributed by atoms with E-state index >= 15 is 0 Å². The molecule has 30 heavy (non-hydrogen) atoms. The lowest BCUT2D eigenvalue weighted by Gasteiger charge is -2.23. The monoisotopic (exact) mass is 436 g/mol. The first-order valence-electron chi connectivity index (χ1n) is 9.49. The van der Waals surface area contributed by atoms with Gasteiger partial charge in [-0.1, -0.05) is 0 Å². The summed E-state index contributed by atoms with van der Waals surface area (Å²) in [5.41, 5.74) is 0.387. The minimum atomic E-state index is -3.65. The van der Waals surface area contributed by atoms with E-state index in [2.05, 4.69) is 5.32 Å². The number of carbonyl (C=O) groups is 1. The first-order valence-corrected chi connectivity index (χ1v) is 11.3. The molecule has 1 amide bonds. The van der Waals surface area contributed by atoms with Crippen molar-refractivity contribution in [1.82, 2.24) is 5.32 Å². The largest absolute Gasteiger partial charge is 0.497 e. The van der Waals surface area contributed by atoms with E-state index in [4.69, 9.17) is 14.2 Å². The molecule has 2 aromatic carbocycles. The molecule has 9 heteroatoms. The second-order valence-electron chi connectivity index (χ2n) is 6.65. The van der Waals surface area contributed by atoms with Crippen molar-refractivity contribution >= 4 is 21.6 Å². The molecule has 2 aromatic rings. The Balaban J connectivity index is 1.94. The normalized spacial score (nSPS) is 12.0. The van der Waals surface area contributed by atoms with Gasteiger partial charge in [0.2, 0.25) is 15.9 Å². The quantitative estimate of drug-likeness (QED) is 0.582. The van der Waals surface area contributed by atoms with Crippen LogP contribution in [0.2, 0.25) is 0 Å². The van der Waals surface area contributed by atoms with Crippen LogP contribution in [0.1, 0.15) is 13.8 Å². The Morgan fingerprint density at radius 3 is 2.07 bits per heavy atom. The van der Waals surface area contributed by atoms with Crippen LogP contribution >= 0.6 is 0 Å². The molecule has 0 unspecified atom stereocenters. The zero-order valence-electron chi connectivity index (χ0n) is 17.6. The number of amides is 1. The van der Waals surface area contributed by atoms with Crippen molar-refractivity contribution in [3.8, 4) is 17.2 Å². The van der Waals surface area contributed by atoms with Crippen molar-refractivity contribution in [2.45, 2.75) is 19.9 Å². The van der Waals surface area contributed by atoms with Crippen molar-refractivity contribution in [3.63, 3.8) is 0 Å². The molecule has 0 fully saturated rings. The van der Waals surface area contributed by atoms with Crippen LogP contribution in [0.25, 0.3) is 0 Å². The molecule has 0 aliphatic heterocycles. The first-order chi connectivity index (χ1) is 14.2. The minimum absolute atomic E-state index is 0.236. The van der Waals surface area contributed by atoms with E-state index in [1.165, 1.54) is 0 Å². The standard InChI is InChI=1S/C21H28N2O6S/c1-5-28-19-8-6-17(7-9-19)23(30(4,25)26)14-21(24)22-16(2)15-29-20-12-10-18(27-3)11-13-20/h6-13,16H,5,14-15H2,1-4H3,(H,22,24)/t16-/m1/s1. The fourth-order valence-corrected chi connectivity index (χ4v) is 3.52. The highest BCUT2D eigenvalue weighted by molar-refractivity contribution is 7.92. The smallest absolute Gasteiger partial charge is 0.241 e. The third-order valence-electron chi connectivity index (χ3n) is 4.09. The zero-order chi connectivity index (χ0) is 22.1. The summed E-state index contributed by atoms with van der Waals surface area (Å²) in [6.45, 7) is 4.05. The van der Waals surface area contributed by atoms with E-state index in [-0.39, 0.29) is 19.2 Å². The van der Waals surface area contributed by atoms with Crippen LogP contribution in [0.4, 0.5) is 5.69 Å². The molecule has 2 rings (SSSR count). The highest BCUT2D eigenvalue weighted by atomic mass is 32.2. The second kappa shape index (κ2) is 10.7. The summed E-state index contributed by atoms with van der Waals surface area (Å²) in [7, 11) is -2.06. The number of hydrogen-bond acceptors (Lipinski definition) is 6. The molecule has 1 atom stereocenters. The van der Waals surface area contributed by atoms with Crippen LogP contribution in [0, 0.1) is 0 Å². The predicted molar refractivity (Wildman–Crippen MR) is 116 cm³/mol. The predicted octanol–water partition coefficient (Wildman–Crippen LogP) is 2.44. The average molecular weight is 437 g/mol. The topological polar surface area (TPSA) is 94.2 Å². The minimum Gasteiger partial charge on any atom is -0.497 e. The Morgan fingerprint density at radius 1 is 1.00 bits per heavy atom. The second-order valence-corrected chi connectivity index (χ2v) is 8.56. The highest BCUT2D eigenvalue weighted by Crippen LogP contribution is 2.21. The molecule has 0 saturated carbocycles. The fraction of sp³-hybridized carbons (Fsp3) is 0.381. The van der Waals surface area contributed by atoms with Gasteiger partial charge in [-0.25, -0.2) is 8.42 Å². The van der Waals surface area contributed by atoms with E-state index in [0.717, 1.165) is 16.3 Å². The molecule has 0 spiro atoms. The van der Waals surface area contributed by atoms with Crippen LogP contribution < -0.4 is 23.8 Å². The number of methoxy groups -OCH3 is 1. The molecule has 0 bridgehead atoms. The third kappa shape index (κ3) is 7.14. The summed E-state index contributed by atoms with van der Waals surface area (Å²) in [6.07, 6.45) is 1.06. The number of anilines is 1. The van der Waals surface area contributed by atoms with Crippen molar-refractivity contribution in [3.05, 3.63) is 48.5 Å². The van der Waals surface area contributed by atoms with Crippen molar-refractivity contribution in [1.29, 1.82) is 0 Å². The average Bonchev–Trinajstić information content (AvgIpc) is 2.71. The van der Waals surface area contributed by atoms with E-state index in [1.54, 1.807) is 62.6 Å². The van der Waals surface area contributed by atoms with Crippen LogP contribution in [-0.4, -0.2) is 53.5 Å². The molecular formula is C21H28N2O6S. The number of benzene rings is 2. The van der Waals surface area contributed by atoms with E-state index < -0.39 is 15.9 Å². The Kier molecular flexibility index (Phi) is 8.35. The third-order valence-corrected chi connectivity index (χ3v) is 5.23. The molecule has 0 aliphatic rings. The van der Waals surface area contributed by atoms with E-state index in [0.29, 0.717) is 23.8 Å². The van der Waals surface area contributed by atoms with Gasteiger partial charge in [0.1, 0.15) is 30.4 Å². The summed E-state index contributed by atoms with van der Waals surface area (Å²) in [6, 6.07) is 13.3. The number of nitrogens with zero attached hydrogens (tertiary/aromatic N) is 1. The van der Waals surface area contributed by atoms with Crippen LogP contribution in [-0.2, 0) is 14.8 Å². The van der Waals surface area contributed by atoms with Gasteiger partial charge in [0.15, 0.2) is 0 Å². The van der Waals surface area contributed by atoms with Gasteiger partial charge in [0, 0.05) is 0 Å². The SMILES string of the molecule is CCOc1ccc(N(CC(=O)N[C@H](C)COc2ccc(OC)cc2)S(C)(=O)=O)cc1. The number of rotatable bonds is 11. The summed E-state index contributed by atoms with van der Waals surface area (Å²) in [5, 5.41) is 2.76. The van der Waals surface area contributed by atoms with Gasteiger partial charge >= 0.3 is 0 Å². The van der Waals surface area contributed by atoms with Crippen LogP contribution in [0.3, 0.4) is 0 Å². The lowest BCUT2D eigenvalue weighted by Crippen LogP contribution is -2.44. The van der Waals surface area contributed by atoms with E-state index in [9.17, 15) is 13.2 Å². The van der Waals surface area contributed by atoms with Crippen LogP contribution in [0.5, 0.6) is 17.2 Å². The number of hydrogen-bond donors (Lipinski definition) is 1. The van der Waals surface area contributed by atoms with Gasteiger partial charge in [-0.05, 0) is 62.4 Å². The summed E-state index contributed by atoms with van der Waals surface area (Å²) in [4.78, 5) is 12.4. The number of nitrogens with one attached hydrogen (secondary N) is 1. The van der Waals surface area contributed by atoms with Gasteiger partial charge in [0.25, 0.3) is 0 Å². The Bertz CT molecular complexity index is 914. The van der Waals surface area contributed by atoms with Gasteiger partial charge in [0.05, 0.1) is 31.7 Å². The maximum absolute atomic E-state index is 12.4. The maximum atomic E-state index is 12.4. The molecular weight excluding hydrogens is 408 g/mol. The summed E-state index contributed by atoms with van der Waals surface area (Å²) in [5.74, 6) is 1.56. The fourth-order valence-electron chi connectivity index (χ4n) is 2.66. The summed E-state index contributed by atoms with van der Waals surface area (Å²) >= 11 is 0. The Morgan fingerprint density at radius 2 is 1.53 bits per heavy atom. The molecule has 1 N–H and O–H groups in total.